The van der Waals surface area contributed by atoms with Crippen LogP contribution >= 0.6 is 12.2 Å². The molecule has 7 heteroatoms. The van der Waals surface area contributed by atoms with Crippen molar-refractivity contribution in [3.63, 3.8) is 0 Å². The summed E-state index contributed by atoms with van der Waals surface area (Å²) in [6.07, 6.45) is 0. The van der Waals surface area contributed by atoms with E-state index in [1.54, 1.807) is 0 Å². The predicted molar refractivity (Wildman–Crippen MR) is 58.1 cm³/mol. The molecule has 0 aliphatic heterocycles. The van der Waals surface area contributed by atoms with Crippen LogP contribution in [0.2, 0.25) is 0 Å². The molecule has 2 rings (SSSR count). The first kappa shape index (κ1) is 10.6. The molecule has 1 aromatic heterocycles. The van der Waals surface area contributed by atoms with Crippen molar-refractivity contribution in [3.8, 4) is 11.4 Å². The molecule has 1 aromatic carbocycles. The molecular formula is C9H8FN3O2S. The Balaban J connectivity index is 2.73. The molecule has 84 valence electrons. The zero-order chi connectivity index (χ0) is 11.7. The molecule has 0 amide bonds. The number of aromatic nitrogens is 3. The minimum Gasteiger partial charge on any atom is -0.497 e. The smallest absolute Gasteiger partial charge is 0.347 e. The van der Waals surface area contributed by atoms with Crippen LogP contribution in [0, 0.1) is 10.6 Å². The number of aromatic amines is 2. The molecule has 0 saturated carbocycles. The van der Waals surface area contributed by atoms with Gasteiger partial charge in [-0.25, -0.2) is 18.9 Å². The van der Waals surface area contributed by atoms with Crippen LogP contribution in [0.3, 0.4) is 0 Å². The normalized spacial score (nSPS) is 10.4. The molecule has 0 saturated heterocycles. The number of H-pyrrole nitrogens is 2. The van der Waals surface area contributed by atoms with Gasteiger partial charge in [-0.3, -0.25) is 5.10 Å². The Kier molecular flexibility index (Phi) is 2.61. The largest absolute Gasteiger partial charge is 0.497 e. The Labute approximate surface area is 94.5 Å². The van der Waals surface area contributed by atoms with E-state index in [4.69, 9.17) is 17.0 Å². The summed E-state index contributed by atoms with van der Waals surface area (Å²) in [6, 6.07) is 4.07. The second-order valence-electron chi connectivity index (χ2n) is 3.01. The summed E-state index contributed by atoms with van der Waals surface area (Å²) in [5, 5.41) is 4.70. The van der Waals surface area contributed by atoms with Crippen molar-refractivity contribution in [1.82, 2.24) is 14.8 Å². The van der Waals surface area contributed by atoms with Gasteiger partial charge in [0.25, 0.3) is 0 Å². The maximum atomic E-state index is 13.5. The van der Waals surface area contributed by atoms with E-state index in [1.807, 2.05) is 0 Å². The van der Waals surface area contributed by atoms with Crippen molar-refractivity contribution in [3.05, 3.63) is 39.3 Å². The molecule has 1 heterocycles. The molecule has 0 fully saturated rings. The van der Waals surface area contributed by atoms with E-state index in [2.05, 4.69) is 10.2 Å². The van der Waals surface area contributed by atoms with Gasteiger partial charge in [-0.2, -0.15) is 0 Å². The Hall–Kier alpha value is -1.89. The fraction of sp³-hybridized carbons (Fsp3) is 0.111. The van der Waals surface area contributed by atoms with Crippen LogP contribution in [0.15, 0.2) is 23.0 Å². The molecule has 5 nitrogen and oxygen atoms in total. The van der Waals surface area contributed by atoms with E-state index >= 15 is 0 Å². The average Bonchev–Trinajstić information content (AvgIpc) is 2.60. The monoisotopic (exact) mass is 241 g/mol. The maximum absolute atomic E-state index is 13.5. The number of hydrogen-bond donors (Lipinski definition) is 2. The minimum atomic E-state index is -0.554. The summed E-state index contributed by atoms with van der Waals surface area (Å²) in [6.45, 7) is 0. The lowest BCUT2D eigenvalue weighted by atomic mass is 10.3. The Morgan fingerprint density at radius 1 is 1.44 bits per heavy atom. The first-order valence-electron chi connectivity index (χ1n) is 4.37. The second-order valence-corrected chi connectivity index (χ2v) is 3.40. The number of rotatable bonds is 2. The van der Waals surface area contributed by atoms with Gasteiger partial charge in [-0.05, 0) is 24.4 Å². The molecule has 0 aliphatic carbocycles. The molecule has 2 aromatic rings. The summed E-state index contributed by atoms with van der Waals surface area (Å²) in [7, 11) is 1.46. The van der Waals surface area contributed by atoms with Crippen LogP contribution in [-0.4, -0.2) is 21.9 Å². The quantitative estimate of drug-likeness (QED) is 0.780. The van der Waals surface area contributed by atoms with Crippen molar-refractivity contribution in [1.29, 1.82) is 0 Å². The fourth-order valence-electron chi connectivity index (χ4n) is 1.32. The highest BCUT2D eigenvalue weighted by atomic mass is 32.1. The highest BCUT2D eigenvalue weighted by Crippen LogP contribution is 2.18. The van der Waals surface area contributed by atoms with Crippen molar-refractivity contribution < 1.29 is 9.13 Å². The van der Waals surface area contributed by atoms with Gasteiger partial charge in [-0.15, -0.1) is 0 Å². The van der Waals surface area contributed by atoms with Crippen LogP contribution in [0.5, 0.6) is 5.75 Å². The van der Waals surface area contributed by atoms with Crippen molar-refractivity contribution in [2.75, 3.05) is 7.11 Å². The molecule has 16 heavy (non-hydrogen) atoms. The lowest BCUT2D eigenvalue weighted by Gasteiger charge is -2.05. The van der Waals surface area contributed by atoms with Gasteiger partial charge in [0.05, 0.1) is 12.8 Å². The van der Waals surface area contributed by atoms with Gasteiger partial charge < -0.3 is 4.74 Å². The molecule has 0 bridgehead atoms. The first-order valence-corrected chi connectivity index (χ1v) is 4.78. The molecule has 0 unspecified atom stereocenters. The van der Waals surface area contributed by atoms with Gasteiger partial charge in [0.2, 0.25) is 4.77 Å². The predicted octanol–water partition coefficient (Wildman–Crippen LogP) is 1.37. The number of nitrogens with zero attached hydrogens (tertiary/aromatic N) is 1. The minimum absolute atomic E-state index is 0.0480. The van der Waals surface area contributed by atoms with Crippen LogP contribution in [-0.2, 0) is 0 Å². The number of benzene rings is 1. The summed E-state index contributed by atoms with van der Waals surface area (Å²) >= 11 is 4.86. The van der Waals surface area contributed by atoms with Gasteiger partial charge in [-0.1, -0.05) is 0 Å². The third kappa shape index (κ3) is 1.65. The topological polar surface area (TPSA) is 62.8 Å². The third-order valence-electron chi connectivity index (χ3n) is 2.08. The molecule has 0 atom stereocenters. The SMILES string of the molecule is COc1ccc(F)c(-n2c(=O)[nH][nH]c2=S)c1. The van der Waals surface area contributed by atoms with Crippen molar-refractivity contribution >= 4 is 12.2 Å². The maximum Gasteiger partial charge on any atom is 0.347 e. The van der Waals surface area contributed by atoms with E-state index in [1.165, 1.54) is 25.3 Å². The summed E-state index contributed by atoms with van der Waals surface area (Å²) in [5.74, 6) is -0.110. The molecular weight excluding hydrogens is 233 g/mol. The van der Waals surface area contributed by atoms with Crippen LogP contribution in [0.4, 0.5) is 4.39 Å². The standard InChI is InChI=1S/C9H8FN3O2S/c1-15-5-2-3-6(10)7(4-5)13-8(14)11-12-9(13)16/h2-4H,1H3,(H,11,14)(H,12,16). The van der Waals surface area contributed by atoms with E-state index in [0.717, 1.165) is 4.57 Å². The fourth-order valence-corrected chi connectivity index (χ4v) is 1.55. The van der Waals surface area contributed by atoms with Crippen LogP contribution < -0.4 is 10.4 Å². The van der Waals surface area contributed by atoms with Gasteiger partial charge >= 0.3 is 5.69 Å². The molecule has 0 radical (unpaired) electrons. The van der Waals surface area contributed by atoms with Crippen molar-refractivity contribution in [2.24, 2.45) is 0 Å². The molecule has 2 N–H and O–H groups in total. The van der Waals surface area contributed by atoms with E-state index < -0.39 is 11.5 Å². The van der Waals surface area contributed by atoms with E-state index in [0.29, 0.717) is 5.75 Å². The van der Waals surface area contributed by atoms with Gasteiger partial charge in [0.1, 0.15) is 11.6 Å². The zero-order valence-electron chi connectivity index (χ0n) is 8.28. The zero-order valence-corrected chi connectivity index (χ0v) is 9.10. The lowest BCUT2D eigenvalue weighted by molar-refractivity contribution is 0.413. The summed E-state index contributed by atoms with van der Waals surface area (Å²) in [5.41, 5.74) is -0.482. The highest BCUT2D eigenvalue weighted by molar-refractivity contribution is 7.71. The van der Waals surface area contributed by atoms with Crippen LogP contribution in [0.25, 0.3) is 5.69 Å². The third-order valence-corrected chi connectivity index (χ3v) is 2.36. The van der Waals surface area contributed by atoms with Gasteiger partial charge in [0, 0.05) is 6.07 Å². The molecule has 0 spiro atoms. The lowest BCUT2D eigenvalue weighted by Crippen LogP contribution is -2.16. The first-order chi connectivity index (χ1) is 7.63. The molecule has 0 aliphatic rings. The number of halogens is 1. The van der Waals surface area contributed by atoms with E-state index in [-0.39, 0.29) is 10.5 Å². The number of methoxy groups -OCH3 is 1. The summed E-state index contributed by atoms with van der Waals surface area (Å²) < 4.78 is 19.6. The average molecular weight is 241 g/mol. The van der Waals surface area contributed by atoms with Crippen molar-refractivity contribution in [2.45, 2.75) is 0 Å². The Morgan fingerprint density at radius 2 is 2.19 bits per heavy atom. The van der Waals surface area contributed by atoms with E-state index in [9.17, 15) is 9.18 Å². The second kappa shape index (κ2) is 3.93. The number of nitrogens with one attached hydrogen (secondary N) is 2. The van der Waals surface area contributed by atoms with Gasteiger partial charge in [0.15, 0.2) is 0 Å². The highest BCUT2D eigenvalue weighted by Gasteiger charge is 2.10. The number of hydrogen-bond acceptors (Lipinski definition) is 3. The Morgan fingerprint density at radius 3 is 2.75 bits per heavy atom. The Bertz CT molecular complexity index is 601. The summed E-state index contributed by atoms with van der Waals surface area (Å²) in [4.78, 5) is 11.4. The number of ether oxygens (including phenoxy) is 1. The van der Waals surface area contributed by atoms with Crippen LogP contribution in [0.1, 0.15) is 0 Å².